The van der Waals surface area contributed by atoms with Gasteiger partial charge in [-0.25, -0.2) is 14.8 Å². The van der Waals surface area contributed by atoms with Gasteiger partial charge in [0.1, 0.15) is 17.6 Å². The Bertz CT molecular complexity index is 1530. The van der Waals surface area contributed by atoms with Gasteiger partial charge in [0.05, 0.1) is 19.8 Å². The minimum Gasteiger partial charge on any atom is -0.494 e. The number of hydrogen-bond donors (Lipinski definition) is 4. The van der Waals surface area contributed by atoms with E-state index < -0.39 is 23.5 Å². The molecule has 0 bridgehead atoms. The topological polar surface area (TPSA) is 183 Å². The second kappa shape index (κ2) is 10.8. The summed E-state index contributed by atoms with van der Waals surface area (Å²) in [7, 11) is 2.61. The molecule has 0 aliphatic carbocycles. The number of hydrogen-bond acceptors (Lipinski definition) is 10. The molecule has 0 fully saturated rings. The number of H-pyrrole nitrogens is 1. The average Bonchev–Trinajstić information content (AvgIpc) is 3.28. The molecule has 38 heavy (non-hydrogen) atoms. The quantitative estimate of drug-likeness (QED) is 0.110. The van der Waals surface area contributed by atoms with E-state index >= 15 is 0 Å². The number of benzene rings is 2. The van der Waals surface area contributed by atoms with Gasteiger partial charge >= 0.3 is 11.7 Å². The summed E-state index contributed by atoms with van der Waals surface area (Å²) < 4.78 is 31.2. The molecule has 1 unspecified atom stereocenters. The van der Waals surface area contributed by atoms with Crippen LogP contribution >= 0.6 is 0 Å². The fraction of sp³-hybridized carbons (Fsp3) is 0.167. The van der Waals surface area contributed by atoms with Crippen LogP contribution in [0.3, 0.4) is 0 Å². The zero-order valence-corrected chi connectivity index (χ0v) is 20.5. The van der Waals surface area contributed by atoms with Crippen molar-refractivity contribution in [2.45, 2.75) is 13.0 Å². The van der Waals surface area contributed by atoms with Crippen LogP contribution in [0.1, 0.15) is 29.9 Å². The summed E-state index contributed by atoms with van der Waals surface area (Å²) >= 11 is 0. The number of nitrogens with one attached hydrogen (secondary N) is 3. The molecule has 2 aromatic carbocycles. The third-order valence-corrected chi connectivity index (χ3v) is 5.29. The Balaban J connectivity index is 1.86. The number of nitrogens with two attached hydrogens (primary N) is 1. The van der Waals surface area contributed by atoms with Gasteiger partial charge in [-0.1, -0.05) is 0 Å². The van der Waals surface area contributed by atoms with E-state index in [1.54, 1.807) is 12.1 Å². The van der Waals surface area contributed by atoms with Crippen molar-refractivity contribution in [3.63, 3.8) is 0 Å². The van der Waals surface area contributed by atoms with E-state index in [0.717, 1.165) is 4.68 Å². The van der Waals surface area contributed by atoms with Crippen LogP contribution in [0.4, 0.5) is 10.1 Å². The van der Waals surface area contributed by atoms with Gasteiger partial charge < -0.3 is 25.3 Å². The van der Waals surface area contributed by atoms with Gasteiger partial charge in [-0.05, 0) is 35.9 Å². The fourth-order valence-electron chi connectivity index (χ4n) is 3.61. The monoisotopic (exact) mass is 522 g/mol. The molecule has 2 aromatic heterocycles. The lowest BCUT2D eigenvalue weighted by Crippen LogP contribution is -2.18. The van der Waals surface area contributed by atoms with Crippen molar-refractivity contribution >= 4 is 17.5 Å². The van der Waals surface area contributed by atoms with Crippen molar-refractivity contribution in [3.8, 4) is 23.2 Å². The van der Waals surface area contributed by atoms with Crippen molar-refractivity contribution in [1.82, 2.24) is 24.7 Å². The first-order valence-electron chi connectivity index (χ1n) is 11.0. The lowest BCUT2D eigenvalue weighted by molar-refractivity contribution is -0.131. The summed E-state index contributed by atoms with van der Waals surface area (Å²) in [6.45, 7) is 1.22. The predicted molar refractivity (Wildman–Crippen MR) is 134 cm³/mol. The molecule has 1 atom stereocenters. The Kier molecular flexibility index (Phi) is 7.32. The highest BCUT2D eigenvalue weighted by Crippen LogP contribution is 2.35. The molecule has 4 aromatic rings. The van der Waals surface area contributed by atoms with Crippen LogP contribution in [0.2, 0.25) is 0 Å². The smallest absolute Gasteiger partial charge is 0.350 e. The standard InChI is InChI=1S/C24H23FN8O5/c1-12(34)38-16-11-14(5-6-15(16)21(26)27)30-20(13-9-17(36-2)19(25)18(10-13)37-3)22-31-24(35)33(32-22)23-28-7-4-8-29-23/h4-11,20,30H,1-3H3,(H3,26,27)(H,31,32,35). The molecule has 4 rings (SSSR count). The fourth-order valence-corrected chi connectivity index (χ4v) is 3.61. The Morgan fingerprint density at radius 1 is 1.13 bits per heavy atom. The van der Waals surface area contributed by atoms with Crippen LogP contribution in [-0.4, -0.2) is 50.8 Å². The van der Waals surface area contributed by atoms with Gasteiger partial charge in [0.25, 0.3) is 5.95 Å². The summed E-state index contributed by atoms with van der Waals surface area (Å²) in [6.07, 6.45) is 2.92. The van der Waals surface area contributed by atoms with Gasteiger partial charge in [-0.3, -0.25) is 15.2 Å². The minimum absolute atomic E-state index is 0.0379. The number of carbonyl (C=O) groups is 1. The van der Waals surface area contributed by atoms with Crippen LogP contribution in [-0.2, 0) is 4.79 Å². The third kappa shape index (κ3) is 5.28. The van der Waals surface area contributed by atoms with Gasteiger partial charge in [0.15, 0.2) is 17.3 Å². The van der Waals surface area contributed by atoms with E-state index in [1.807, 2.05) is 0 Å². The van der Waals surface area contributed by atoms with Gasteiger partial charge in [0.2, 0.25) is 5.82 Å². The van der Waals surface area contributed by atoms with E-state index in [0.29, 0.717) is 11.3 Å². The highest BCUT2D eigenvalue weighted by molar-refractivity contribution is 5.98. The molecule has 196 valence electrons. The number of rotatable bonds is 9. The zero-order chi connectivity index (χ0) is 27.4. The third-order valence-electron chi connectivity index (χ3n) is 5.29. The van der Waals surface area contributed by atoms with Crippen LogP contribution in [0.15, 0.2) is 53.6 Å². The summed E-state index contributed by atoms with van der Waals surface area (Å²) in [6, 6.07) is 8.05. The van der Waals surface area contributed by atoms with E-state index in [9.17, 15) is 14.0 Å². The number of nitrogen functional groups attached to an aromatic ring is 1. The Morgan fingerprint density at radius 2 is 1.79 bits per heavy atom. The minimum atomic E-state index is -0.913. The molecule has 0 saturated heterocycles. The molecule has 0 amide bonds. The first-order chi connectivity index (χ1) is 18.2. The van der Waals surface area contributed by atoms with Crippen LogP contribution in [0, 0.1) is 11.2 Å². The number of ether oxygens (including phenoxy) is 3. The zero-order valence-electron chi connectivity index (χ0n) is 20.5. The van der Waals surface area contributed by atoms with Crippen LogP contribution in [0.25, 0.3) is 5.95 Å². The van der Waals surface area contributed by atoms with Gasteiger partial charge in [-0.15, -0.1) is 9.78 Å². The molecule has 14 heteroatoms. The maximum atomic E-state index is 14.7. The molecular weight excluding hydrogens is 499 g/mol. The second-order valence-corrected chi connectivity index (χ2v) is 7.81. The number of anilines is 1. The normalized spacial score (nSPS) is 11.5. The van der Waals surface area contributed by atoms with E-state index in [1.165, 1.54) is 57.8 Å². The predicted octanol–water partition coefficient (Wildman–Crippen LogP) is 1.92. The Hall–Kier alpha value is -5.27. The number of carbonyl (C=O) groups excluding carboxylic acids is 1. The molecule has 13 nitrogen and oxygen atoms in total. The number of amidine groups is 1. The van der Waals surface area contributed by atoms with Gasteiger partial charge in [-0.2, -0.15) is 4.39 Å². The van der Waals surface area contributed by atoms with Crippen molar-refractivity contribution < 1.29 is 23.4 Å². The van der Waals surface area contributed by atoms with Crippen molar-refractivity contribution in [1.29, 1.82) is 5.41 Å². The molecule has 5 N–H and O–H groups in total. The van der Waals surface area contributed by atoms with Crippen LogP contribution < -0.4 is 31.0 Å². The molecule has 0 aliphatic heterocycles. The molecule has 0 saturated carbocycles. The van der Waals surface area contributed by atoms with E-state index in [2.05, 4.69) is 25.4 Å². The number of methoxy groups -OCH3 is 2. The Morgan fingerprint density at radius 3 is 2.37 bits per heavy atom. The molecule has 0 spiro atoms. The lowest BCUT2D eigenvalue weighted by Gasteiger charge is -2.21. The van der Waals surface area contributed by atoms with Crippen molar-refractivity contribution in [2.24, 2.45) is 5.73 Å². The Labute approximate surface area is 214 Å². The van der Waals surface area contributed by atoms with E-state index in [-0.39, 0.29) is 40.4 Å². The summed E-state index contributed by atoms with van der Waals surface area (Å²) in [5.41, 5.74) is 6.00. The number of aromatic amines is 1. The highest BCUT2D eigenvalue weighted by Gasteiger charge is 2.25. The summed E-state index contributed by atoms with van der Waals surface area (Å²) in [5.74, 6) is -1.64. The number of aromatic nitrogens is 5. The average molecular weight is 522 g/mol. The highest BCUT2D eigenvalue weighted by atomic mass is 19.1. The first kappa shape index (κ1) is 25.8. The lowest BCUT2D eigenvalue weighted by atomic mass is 10.0. The molecule has 0 aliphatic rings. The van der Waals surface area contributed by atoms with E-state index in [4.69, 9.17) is 25.4 Å². The van der Waals surface area contributed by atoms with Gasteiger partial charge in [0, 0.05) is 31.1 Å². The van der Waals surface area contributed by atoms with Crippen molar-refractivity contribution in [2.75, 3.05) is 19.5 Å². The summed E-state index contributed by atoms with van der Waals surface area (Å²) in [5, 5.41) is 15.3. The first-order valence-corrected chi connectivity index (χ1v) is 11.0. The molecule has 2 heterocycles. The largest absolute Gasteiger partial charge is 0.494 e. The van der Waals surface area contributed by atoms with Crippen LogP contribution in [0.5, 0.6) is 17.2 Å². The summed E-state index contributed by atoms with van der Waals surface area (Å²) in [4.78, 5) is 35.2. The number of halogens is 1. The SMILES string of the molecule is COc1cc(C(Nc2ccc(C(=N)N)c(OC(C)=O)c2)c2nn(-c3ncccn3)c(=O)[nH]2)cc(OC)c1F. The van der Waals surface area contributed by atoms with Crippen molar-refractivity contribution in [3.05, 3.63) is 82.0 Å². The number of esters is 1. The molecule has 0 radical (unpaired) electrons. The second-order valence-electron chi connectivity index (χ2n) is 7.81. The maximum absolute atomic E-state index is 14.7. The molecular formula is C24H23FN8O5. The maximum Gasteiger partial charge on any atom is 0.350 e. The number of nitrogens with zero attached hydrogens (tertiary/aromatic N) is 4.